The van der Waals surface area contributed by atoms with Crippen molar-refractivity contribution in [3.05, 3.63) is 0 Å². The summed E-state index contributed by atoms with van der Waals surface area (Å²) in [4.78, 5) is 29.3. The Morgan fingerprint density at radius 2 is 1.88 bits per heavy atom. The Bertz CT molecular complexity index is 465. The highest BCUT2D eigenvalue weighted by Crippen LogP contribution is 2.10. The van der Waals surface area contributed by atoms with Crippen LogP contribution in [0.15, 0.2) is 4.99 Å². The topological polar surface area (TPSA) is 95.1 Å². The maximum Gasteiger partial charge on any atom is 0.407 e. The van der Waals surface area contributed by atoms with Gasteiger partial charge >= 0.3 is 6.09 Å². The van der Waals surface area contributed by atoms with Crippen LogP contribution in [0.3, 0.4) is 0 Å². The summed E-state index contributed by atoms with van der Waals surface area (Å²) >= 11 is 0. The second-order valence-electron chi connectivity index (χ2n) is 6.75. The Balaban J connectivity index is 0.00000576. The molecule has 0 aromatic heterocycles. The highest BCUT2D eigenvalue weighted by atomic mass is 127. The van der Waals surface area contributed by atoms with Crippen LogP contribution < -0.4 is 16.0 Å². The molecule has 1 fully saturated rings. The Kier molecular flexibility index (Phi) is 10.8. The molecule has 9 heteroatoms. The summed E-state index contributed by atoms with van der Waals surface area (Å²) in [6.45, 7) is 9.79. The van der Waals surface area contributed by atoms with Gasteiger partial charge in [0.1, 0.15) is 5.60 Å². The van der Waals surface area contributed by atoms with Gasteiger partial charge < -0.3 is 25.6 Å². The number of alkyl carbamates (subject to hydrolysis) is 1. The molecule has 1 aliphatic rings. The lowest BCUT2D eigenvalue weighted by atomic mass is 10.2. The van der Waals surface area contributed by atoms with Gasteiger partial charge in [-0.25, -0.2) is 4.79 Å². The van der Waals surface area contributed by atoms with Crippen LogP contribution in [0.1, 0.15) is 40.5 Å². The third-order valence-electron chi connectivity index (χ3n) is 3.49. The number of aliphatic imine (C=N–C) groups is 1. The van der Waals surface area contributed by atoms with Gasteiger partial charge in [0.2, 0.25) is 5.91 Å². The van der Waals surface area contributed by atoms with E-state index in [0.29, 0.717) is 32.0 Å². The van der Waals surface area contributed by atoms with E-state index in [1.54, 1.807) is 7.05 Å². The molecule has 0 aromatic rings. The number of halogens is 1. The van der Waals surface area contributed by atoms with Crippen LogP contribution in [-0.4, -0.2) is 67.7 Å². The molecule has 3 N–H and O–H groups in total. The van der Waals surface area contributed by atoms with Crippen LogP contribution in [0, 0.1) is 0 Å². The summed E-state index contributed by atoms with van der Waals surface area (Å²) < 4.78 is 5.16. The molecular formula is C16H32IN5O3. The number of nitrogens with zero attached hydrogens (tertiary/aromatic N) is 2. The van der Waals surface area contributed by atoms with E-state index in [0.717, 1.165) is 13.0 Å². The van der Waals surface area contributed by atoms with Crippen molar-refractivity contribution in [3.8, 4) is 0 Å². The molecule has 25 heavy (non-hydrogen) atoms. The van der Waals surface area contributed by atoms with E-state index >= 15 is 0 Å². The van der Waals surface area contributed by atoms with E-state index in [1.807, 2.05) is 32.6 Å². The van der Waals surface area contributed by atoms with Crippen LogP contribution in [0.25, 0.3) is 0 Å². The first-order valence-electron chi connectivity index (χ1n) is 8.47. The predicted molar refractivity (Wildman–Crippen MR) is 109 cm³/mol. The minimum absolute atomic E-state index is 0. The molecular weight excluding hydrogens is 437 g/mol. The Hall–Kier alpha value is -1.26. The number of carbonyl (C=O) groups excluding carboxylic acids is 2. The van der Waals surface area contributed by atoms with E-state index in [9.17, 15) is 9.59 Å². The first-order chi connectivity index (χ1) is 11.2. The number of ether oxygens (including phenoxy) is 1. The maximum atomic E-state index is 11.7. The van der Waals surface area contributed by atoms with E-state index in [1.165, 1.54) is 0 Å². The van der Waals surface area contributed by atoms with Crippen molar-refractivity contribution < 1.29 is 14.3 Å². The summed E-state index contributed by atoms with van der Waals surface area (Å²) in [6, 6.07) is 0.200. The molecule has 8 nitrogen and oxygen atoms in total. The fourth-order valence-corrected chi connectivity index (χ4v) is 2.38. The van der Waals surface area contributed by atoms with E-state index in [2.05, 4.69) is 20.9 Å². The lowest BCUT2D eigenvalue weighted by Crippen LogP contribution is -2.47. The summed E-state index contributed by atoms with van der Waals surface area (Å²) in [6.07, 6.45) is 1.01. The summed E-state index contributed by atoms with van der Waals surface area (Å²) in [5.41, 5.74) is -0.501. The highest BCUT2D eigenvalue weighted by Gasteiger charge is 2.25. The van der Waals surface area contributed by atoms with Crippen molar-refractivity contribution in [3.63, 3.8) is 0 Å². The monoisotopic (exact) mass is 469 g/mol. The number of amides is 2. The van der Waals surface area contributed by atoms with Crippen LogP contribution in [-0.2, 0) is 9.53 Å². The normalized spacial score (nSPS) is 17.6. The number of hydrogen-bond acceptors (Lipinski definition) is 4. The quantitative estimate of drug-likeness (QED) is 0.244. The van der Waals surface area contributed by atoms with Crippen molar-refractivity contribution >= 4 is 41.9 Å². The van der Waals surface area contributed by atoms with Crippen molar-refractivity contribution in [1.29, 1.82) is 0 Å². The highest BCUT2D eigenvalue weighted by molar-refractivity contribution is 14.0. The smallest absolute Gasteiger partial charge is 0.407 e. The average Bonchev–Trinajstić information content (AvgIpc) is 2.96. The molecule has 0 spiro atoms. The van der Waals surface area contributed by atoms with Crippen molar-refractivity contribution in [2.45, 2.75) is 52.2 Å². The van der Waals surface area contributed by atoms with Gasteiger partial charge in [-0.05, 0) is 27.2 Å². The molecule has 1 atom stereocenters. The van der Waals surface area contributed by atoms with Crippen molar-refractivity contribution in [2.24, 2.45) is 4.99 Å². The van der Waals surface area contributed by atoms with Crippen LogP contribution >= 0.6 is 24.0 Å². The minimum Gasteiger partial charge on any atom is -0.444 e. The van der Waals surface area contributed by atoms with Crippen LogP contribution in [0.2, 0.25) is 0 Å². The molecule has 1 saturated heterocycles. The Morgan fingerprint density at radius 1 is 1.24 bits per heavy atom. The SMILES string of the molecule is CCC(=O)N1CCC(NC(=NC)NCCNC(=O)OC(C)(C)C)C1.I. The molecule has 0 aromatic carbocycles. The molecule has 0 radical (unpaired) electrons. The number of hydrogen-bond donors (Lipinski definition) is 3. The van der Waals surface area contributed by atoms with Gasteiger partial charge in [0.25, 0.3) is 0 Å². The number of guanidine groups is 1. The van der Waals surface area contributed by atoms with Crippen molar-refractivity contribution in [1.82, 2.24) is 20.9 Å². The van der Waals surface area contributed by atoms with E-state index in [4.69, 9.17) is 4.74 Å². The Morgan fingerprint density at radius 3 is 2.44 bits per heavy atom. The fourth-order valence-electron chi connectivity index (χ4n) is 2.38. The van der Waals surface area contributed by atoms with Gasteiger partial charge in [0, 0.05) is 45.7 Å². The zero-order valence-electron chi connectivity index (χ0n) is 15.8. The van der Waals surface area contributed by atoms with E-state index < -0.39 is 11.7 Å². The van der Waals surface area contributed by atoms with Crippen LogP contribution in [0.4, 0.5) is 4.79 Å². The molecule has 0 bridgehead atoms. The molecule has 146 valence electrons. The summed E-state index contributed by atoms with van der Waals surface area (Å²) in [5.74, 6) is 0.848. The second-order valence-corrected chi connectivity index (χ2v) is 6.75. The standard InChI is InChI=1S/C16H31N5O3.HI/c1-6-13(22)21-10-7-12(11-21)20-14(17-5)18-8-9-19-15(23)24-16(2,3)4;/h12H,6-11H2,1-5H3,(H,19,23)(H2,17,18,20);1H. The molecule has 0 aliphatic carbocycles. The summed E-state index contributed by atoms with van der Waals surface area (Å²) in [7, 11) is 1.69. The van der Waals surface area contributed by atoms with Gasteiger partial charge in [0.15, 0.2) is 5.96 Å². The molecule has 1 rings (SSSR count). The first-order valence-corrected chi connectivity index (χ1v) is 8.47. The molecule has 0 saturated carbocycles. The summed E-state index contributed by atoms with van der Waals surface area (Å²) in [5, 5.41) is 9.12. The third-order valence-corrected chi connectivity index (χ3v) is 3.49. The number of nitrogens with one attached hydrogen (secondary N) is 3. The first kappa shape index (κ1) is 23.7. The van der Waals surface area contributed by atoms with E-state index in [-0.39, 0.29) is 35.9 Å². The zero-order valence-corrected chi connectivity index (χ0v) is 18.2. The van der Waals surface area contributed by atoms with Gasteiger partial charge in [-0.2, -0.15) is 0 Å². The number of rotatable bonds is 5. The lowest BCUT2D eigenvalue weighted by Gasteiger charge is -2.20. The van der Waals surface area contributed by atoms with Crippen molar-refractivity contribution in [2.75, 3.05) is 33.2 Å². The van der Waals surface area contributed by atoms with Gasteiger partial charge in [-0.3, -0.25) is 9.79 Å². The second kappa shape index (κ2) is 11.4. The maximum absolute atomic E-state index is 11.7. The molecule has 1 unspecified atom stereocenters. The van der Waals surface area contributed by atoms with Gasteiger partial charge in [-0.1, -0.05) is 6.92 Å². The van der Waals surface area contributed by atoms with Gasteiger partial charge in [-0.15, -0.1) is 24.0 Å². The number of likely N-dealkylation sites (tertiary alicyclic amines) is 1. The number of carbonyl (C=O) groups is 2. The fraction of sp³-hybridized carbons (Fsp3) is 0.812. The minimum atomic E-state index is -0.501. The molecule has 1 aliphatic heterocycles. The average molecular weight is 469 g/mol. The molecule has 1 heterocycles. The Labute approximate surface area is 167 Å². The lowest BCUT2D eigenvalue weighted by molar-refractivity contribution is -0.129. The van der Waals surface area contributed by atoms with Crippen LogP contribution in [0.5, 0.6) is 0 Å². The third kappa shape index (κ3) is 9.71. The molecule has 2 amide bonds. The van der Waals surface area contributed by atoms with Gasteiger partial charge in [0.05, 0.1) is 0 Å². The largest absolute Gasteiger partial charge is 0.444 e. The zero-order chi connectivity index (χ0) is 18.2. The predicted octanol–water partition coefficient (Wildman–Crippen LogP) is 1.31.